The Labute approximate surface area is 103 Å². The van der Waals surface area contributed by atoms with Crippen molar-refractivity contribution in [2.24, 2.45) is 5.73 Å². The molecule has 1 unspecified atom stereocenters. The molecule has 18 heavy (non-hydrogen) atoms. The second-order valence-corrected chi connectivity index (χ2v) is 3.88. The van der Waals surface area contributed by atoms with Crippen LogP contribution in [0.4, 0.5) is 5.69 Å². The van der Waals surface area contributed by atoms with Crippen molar-refractivity contribution in [1.82, 2.24) is 5.16 Å². The summed E-state index contributed by atoms with van der Waals surface area (Å²) < 4.78 is 4.59. The number of rotatable bonds is 4. The van der Waals surface area contributed by atoms with Gasteiger partial charge in [0.2, 0.25) is 5.91 Å². The first-order chi connectivity index (χ1) is 8.65. The molecule has 94 valence electrons. The maximum atomic E-state index is 11.7. The highest BCUT2D eigenvalue weighted by molar-refractivity contribution is 5.94. The standard InChI is InChI=1S/C12H13N3O3/c13-11(5-8-1-3-10(16)4-2-8)12(17)15-9-6-14-18-7-9/h1-4,6-7,11,16H,5,13H2,(H,15,17). The van der Waals surface area contributed by atoms with Crippen molar-refractivity contribution in [3.8, 4) is 5.75 Å². The van der Waals surface area contributed by atoms with Crippen molar-refractivity contribution in [1.29, 1.82) is 0 Å². The van der Waals surface area contributed by atoms with Gasteiger partial charge in [0.1, 0.15) is 17.7 Å². The zero-order valence-electron chi connectivity index (χ0n) is 9.54. The van der Waals surface area contributed by atoms with Gasteiger partial charge in [-0.1, -0.05) is 17.3 Å². The Morgan fingerprint density at radius 2 is 2.17 bits per heavy atom. The molecule has 2 aromatic rings. The molecule has 0 saturated heterocycles. The summed E-state index contributed by atoms with van der Waals surface area (Å²) in [6.45, 7) is 0. The van der Waals surface area contributed by atoms with Crippen LogP contribution in [-0.4, -0.2) is 22.2 Å². The molecule has 0 aliphatic carbocycles. The number of carbonyl (C=O) groups is 1. The summed E-state index contributed by atoms with van der Waals surface area (Å²) in [4.78, 5) is 11.7. The summed E-state index contributed by atoms with van der Waals surface area (Å²) >= 11 is 0. The Morgan fingerprint density at radius 3 is 2.78 bits per heavy atom. The summed E-state index contributed by atoms with van der Waals surface area (Å²) in [7, 11) is 0. The van der Waals surface area contributed by atoms with Crippen molar-refractivity contribution >= 4 is 11.6 Å². The quantitative estimate of drug-likeness (QED) is 0.744. The van der Waals surface area contributed by atoms with Crippen LogP contribution in [0, 0.1) is 0 Å². The molecule has 1 atom stereocenters. The SMILES string of the molecule is NC(Cc1ccc(O)cc1)C(=O)Nc1cnoc1. The van der Waals surface area contributed by atoms with Gasteiger partial charge in [0.05, 0.1) is 12.2 Å². The van der Waals surface area contributed by atoms with Gasteiger partial charge < -0.3 is 20.7 Å². The van der Waals surface area contributed by atoms with Gasteiger partial charge in [0.25, 0.3) is 0 Å². The first-order valence-corrected chi connectivity index (χ1v) is 5.39. The molecule has 0 bridgehead atoms. The fourth-order valence-corrected chi connectivity index (χ4v) is 1.48. The Bertz CT molecular complexity index is 508. The van der Waals surface area contributed by atoms with Crippen molar-refractivity contribution < 1.29 is 14.4 Å². The van der Waals surface area contributed by atoms with E-state index in [-0.39, 0.29) is 11.7 Å². The number of carbonyl (C=O) groups excluding carboxylic acids is 1. The van der Waals surface area contributed by atoms with Crippen molar-refractivity contribution in [3.05, 3.63) is 42.3 Å². The number of phenols is 1. The molecule has 0 spiro atoms. The molecule has 6 nitrogen and oxygen atoms in total. The minimum atomic E-state index is -0.676. The molecule has 1 heterocycles. The minimum absolute atomic E-state index is 0.182. The third kappa shape index (κ3) is 3.08. The number of nitrogens with one attached hydrogen (secondary N) is 1. The van der Waals surface area contributed by atoms with E-state index in [0.717, 1.165) is 5.56 Å². The lowest BCUT2D eigenvalue weighted by Gasteiger charge is -2.10. The van der Waals surface area contributed by atoms with E-state index >= 15 is 0 Å². The maximum Gasteiger partial charge on any atom is 0.241 e. The highest BCUT2D eigenvalue weighted by Gasteiger charge is 2.14. The number of phenolic OH excluding ortho intramolecular Hbond substituents is 1. The molecule has 2 rings (SSSR count). The van der Waals surface area contributed by atoms with Gasteiger partial charge in [0, 0.05) is 0 Å². The maximum absolute atomic E-state index is 11.7. The number of nitrogens with zero attached hydrogens (tertiary/aromatic N) is 1. The summed E-state index contributed by atoms with van der Waals surface area (Å²) in [6, 6.07) is 5.88. The molecule has 0 saturated carbocycles. The van der Waals surface area contributed by atoms with E-state index in [9.17, 15) is 4.79 Å². The lowest BCUT2D eigenvalue weighted by molar-refractivity contribution is -0.117. The average molecular weight is 247 g/mol. The van der Waals surface area contributed by atoms with Gasteiger partial charge >= 0.3 is 0 Å². The van der Waals surface area contributed by atoms with Gasteiger partial charge in [-0.15, -0.1) is 0 Å². The number of nitrogens with two attached hydrogens (primary N) is 1. The van der Waals surface area contributed by atoms with Crippen LogP contribution in [0.25, 0.3) is 0 Å². The van der Waals surface area contributed by atoms with Crippen LogP contribution in [0.2, 0.25) is 0 Å². The van der Waals surface area contributed by atoms with Crippen molar-refractivity contribution in [2.45, 2.75) is 12.5 Å². The number of benzene rings is 1. The fourth-order valence-electron chi connectivity index (χ4n) is 1.48. The van der Waals surface area contributed by atoms with Crippen molar-refractivity contribution in [3.63, 3.8) is 0 Å². The second kappa shape index (κ2) is 5.33. The van der Waals surface area contributed by atoms with Gasteiger partial charge in [0.15, 0.2) is 0 Å². The minimum Gasteiger partial charge on any atom is -0.508 e. The molecule has 0 aliphatic heterocycles. The van der Waals surface area contributed by atoms with Crippen LogP contribution in [-0.2, 0) is 11.2 Å². The predicted octanol–water partition coefficient (Wildman–Crippen LogP) is 0.889. The molecule has 1 aromatic heterocycles. The van der Waals surface area contributed by atoms with E-state index in [1.807, 2.05) is 0 Å². The van der Waals surface area contributed by atoms with Gasteiger partial charge in [-0.05, 0) is 24.1 Å². The van der Waals surface area contributed by atoms with Crippen LogP contribution in [0.1, 0.15) is 5.56 Å². The molecule has 0 fully saturated rings. The molecule has 1 aromatic carbocycles. The predicted molar refractivity (Wildman–Crippen MR) is 64.9 cm³/mol. The first kappa shape index (κ1) is 12.1. The Morgan fingerprint density at radius 1 is 1.44 bits per heavy atom. The molecular weight excluding hydrogens is 234 g/mol. The smallest absolute Gasteiger partial charge is 0.241 e. The Hall–Kier alpha value is -2.34. The number of hydrogen-bond donors (Lipinski definition) is 3. The van der Waals surface area contributed by atoms with Gasteiger partial charge in [-0.3, -0.25) is 4.79 Å². The fraction of sp³-hybridized carbons (Fsp3) is 0.167. The van der Waals surface area contributed by atoms with Crippen LogP contribution >= 0.6 is 0 Å². The molecular formula is C12H13N3O3. The van der Waals surface area contributed by atoms with E-state index in [0.29, 0.717) is 12.1 Å². The first-order valence-electron chi connectivity index (χ1n) is 5.39. The van der Waals surface area contributed by atoms with E-state index < -0.39 is 6.04 Å². The van der Waals surface area contributed by atoms with Crippen molar-refractivity contribution in [2.75, 3.05) is 5.32 Å². The van der Waals surface area contributed by atoms with E-state index in [1.54, 1.807) is 24.3 Å². The highest BCUT2D eigenvalue weighted by atomic mass is 16.5. The lowest BCUT2D eigenvalue weighted by atomic mass is 10.1. The van der Waals surface area contributed by atoms with E-state index in [2.05, 4.69) is 15.0 Å². The summed E-state index contributed by atoms with van der Waals surface area (Å²) in [5.41, 5.74) is 7.13. The zero-order chi connectivity index (χ0) is 13.0. The largest absolute Gasteiger partial charge is 0.508 e. The Kier molecular flexibility index (Phi) is 3.59. The summed E-state index contributed by atoms with van der Waals surface area (Å²) in [5.74, 6) is -0.132. The van der Waals surface area contributed by atoms with Gasteiger partial charge in [-0.25, -0.2) is 0 Å². The summed E-state index contributed by atoms with van der Waals surface area (Å²) in [5, 5.41) is 15.2. The third-order valence-electron chi connectivity index (χ3n) is 2.43. The van der Waals surface area contributed by atoms with Gasteiger partial charge in [-0.2, -0.15) is 0 Å². The van der Waals surface area contributed by atoms with Crippen LogP contribution in [0.15, 0.2) is 41.2 Å². The number of aromatic hydroxyl groups is 1. The van der Waals surface area contributed by atoms with E-state index in [1.165, 1.54) is 12.5 Å². The molecule has 6 heteroatoms. The Balaban J connectivity index is 1.93. The monoisotopic (exact) mass is 247 g/mol. The number of amides is 1. The second-order valence-electron chi connectivity index (χ2n) is 3.88. The number of aromatic nitrogens is 1. The van der Waals surface area contributed by atoms with Crippen LogP contribution in [0.5, 0.6) is 5.75 Å². The molecule has 1 amide bonds. The highest BCUT2D eigenvalue weighted by Crippen LogP contribution is 2.11. The van der Waals surface area contributed by atoms with E-state index in [4.69, 9.17) is 10.8 Å². The average Bonchev–Trinajstić information content (AvgIpc) is 2.85. The molecule has 0 aliphatic rings. The lowest BCUT2D eigenvalue weighted by Crippen LogP contribution is -2.37. The molecule has 4 N–H and O–H groups in total. The summed E-state index contributed by atoms with van der Waals surface area (Å²) in [6.07, 6.45) is 3.10. The normalized spacial score (nSPS) is 12.1. The molecule has 0 radical (unpaired) electrons. The third-order valence-corrected chi connectivity index (χ3v) is 2.43. The van der Waals surface area contributed by atoms with Crippen LogP contribution < -0.4 is 11.1 Å². The number of anilines is 1. The number of hydrogen-bond acceptors (Lipinski definition) is 5. The van der Waals surface area contributed by atoms with Crippen LogP contribution in [0.3, 0.4) is 0 Å². The zero-order valence-corrected chi connectivity index (χ0v) is 9.54. The topological polar surface area (TPSA) is 101 Å².